The lowest BCUT2D eigenvalue weighted by Gasteiger charge is -1.92. The van der Waals surface area contributed by atoms with Crippen molar-refractivity contribution in [1.29, 1.82) is 0 Å². The lowest BCUT2D eigenvalue weighted by atomic mass is 10.2. The maximum atomic E-state index is 10.7. The summed E-state index contributed by atoms with van der Waals surface area (Å²) in [5.74, 6) is 0. The summed E-state index contributed by atoms with van der Waals surface area (Å²) in [6, 6.07) is 9.58. The summed E-state index contributed by atoms with van der Waals surface area (Å²) in [7, 11) is 0. The fourth-order valence-electron chi connectivity index (χ4n) is 0.757. The first kappa shape index (κ1) is 9.55. The van der Waals surface area contributed by atoms with Crippen LogP contribution < -0.4 is 0 Å². The van der Waals surface area contributed by atoms with E-state index in [4.69, 9.17) is 0 Å². The number of rotatable bonds is 2. The third-order valence-corrected chi connectivity index (χ3v) is 2.43. The molecule has 0 radical (unpaired) electrons. The van der Waals surface area contributed by atoms with Crippen LogP contribution >= 0.6 is 28.6 Å². The number of benzene rings is 1. The van der Waals surface area contributed by atoms with E-state index in [1.54, 1.807) is 6.08 Å². The second-order valence-electron chi connectivity index (χ2n) is 2.21. The van der Waals surface area contributed by atoms with Gasteiger partial charge in [0.25, 0.3) is 0 Å². The molecule has 1 aromatic rings. The summed E-state index contributed by atoms with van der Waals surface area (Å²) in [5.41, 5.74) is 0.978. The van der Waals surface area contributed by atoms with Crippen LogP contribution in [-0.4, -0.2) is 5.12 Å². The third kappa shape index (κ3) is 2.83. The molecule has 0 amide bonds. The number of halogens is 1. The number of thiol groups is 1. The minimum absolute atomic E-state index is 0.265. The van der Waals surface area contributed by atoms with Crippen molar-refractivity contribution in [2.24, 2.45) is 0 Å². The van der Waals surface area contributed by atoms with Gasteiger partial charge in [-0.15, -0.1) is 0 Å². The largest absolute Gasteiger partial charge is 0.281 e. The summed E-state index contributed by atoms with van der Waals surface area (Å²) < 4.78 is 0.469. The highest BCUT2D eigenvalue weighted by atomic mass is 79.9. The minimum atomic E-state index is -0.265. The molecule has 0 bridgehead atoms. The van der Waals surface area contributed by atoms with Gasteiger partial charge < -0.3 is 0 Å². The zero-order valence-electron chi connectivity index (χ0n) is 6.20. The van der Waals surface area contributed by atoms with E-state index in [2.05, 4.69) is 28.6 Å². The van der Waals surface area contributed by atoms with E-state index in [1.807, 2.05) is 30.3 Å². The van der Waals surface area contributed by atoms with E-state index in [9.17, 15) is 4.79 Å². The summed E-state index contributed by atoms with van der Waals surface area (Å²) in [6.45, 7) is 0. The van der Waals surface area contributed by atoms with Gasteiger partial charge in [-0.1, -0.05) is 43.0 Å². The van der Waals surface area contributed by atoms with Crippen LogP contribution in [0.2, 0.25) is 0 Å². The van der Waals surface area contributed by atoms with Gasteiger partial charge in [-0.2, -0.15) is 0 Å². The minimum Gasteiger partial charge on any atom is -0.281 e. The number of carbonyl (C=O) groups excluding carboxylic acids is 1. The molecule has 0 fully saturated rings. The maximum absolute atomic E-state index is 10.7. The standard InChI is InChI=1S/C9H7BrOS/c10-8(9(11)12)6-7-4-2-1-3-5-7/h1-6H,(H,11,12). The zero-order valence-corrected chi connectivity index (χ0v) is 8.68. The van der Waals surface area contributed by atoms with Gasteiger partial charge in [0.1, 0.15) is 0 Å². The van der Waals surface area contributed by atoms with Crippen LogP contribution in [0.25, 0.3) is 6.08 Å². The van der Waals surface area contributed by atoms with Crippen LogP contribution in [0.4, 0.5) is 0 Å². The molecule has 12 heavy (non-hydrogen) atoms. The van der Waals surface area contributed by atoms with E-state index < -0.39 is 0 Å². The van der Waals surface area contributed by atoms with Crippen LogP contribution in [0.3, 0.4) is 0 Å². The van der Waals surface area contributed by atoms with Gasteiger partial charge in [0, 0.05) is 0 Å². The van der Waals surface area contributed by atoms with Gasteiger partial charge in [-0.25, -0.2) is 0 Å². The Kier molecular flexibility index (Phi) is 3.56. The first-order valence-electron chi connectivity index (χ1n) is 3.35. The van der Waals surface area contributed by atoms with E-state index in [-0.39, 0.29) is 5.12 Å². The molecule has 0 heterocycles. The average molecular weight is 243 g/mol. The number of hydrogen-bond donors (Lipinski definition) is 1. The van der Waals surface area contributed by atoms with Crippen molar-refractivity contribution in [3.8, 4) is 0 Å². The van der Waals surface area contributed by atoms with Crippen LogP contribution in [0.15, 0.2) is 34.8 Å². The van der Waals surface area contributed by atoms with Crippen LogP contribution in [0.1, 0.15) is 5.56 Å². The van der Waals surface area contributed by atoms with Crippen molar-refractivity contribution in [3.05, 3.63) is 40.4 Å². The molecule has 0 saturated carbocycles. The molecule has 0 spiro atoms. The Morgan fingerprint density at radius 2 is 1.92 bits per heavy atom. The maximum Gasteiger partial charge on any atom is 0.223 e. The zero-order chi connectivity index (χ0) is 8.97. The summed E-state index contributed by atoms with van der Waals surface area (Å²) in [4.78, 5) is 10.7. The second-order valence-corrected chi connectivity index (χ2v) is 3.47. The molecular formula is C9H7BrOS. The molecule has 62 valence electrons. The Balaban J connectivity index is 2.89. The highest BCUT2D eigenvalue weighted by Gasteiger charge is 1.98. The van der Waals surface area contributed by atoms with Gasteiger partial charge in [0.15, 0.2) is 0 Å². The number of carbonyl (C=O) groups is 1. The predicted octanol–water partition coefficient (Wildman–Crippen LogP) is 2.88. The normalized spacial score (nSPS) is 11.3. The van der Waals surface area contributed by atoms with Gasteiger partial charge in [-0.3, -0.25) is 4.79 Å². The predicted molar refractivity (Wildman–Crippen MR) is 57.3 cm³/mol. The quantitative estimate of drug-likeness (QED) is 0.624. The smallest absolute Gasteiger partial charge is 0.223 e. The molecule has 3 heteroatoms. The molecule has 0 aliphatic heterocycles. The van der Waals surface area contributed by atoms with Crippen molar-refractivity contribution >= 4 is 39.8 Å². The molecule has 0 atom stereocenters. The topological polar surface area (TPSA) is 17.1 Å². The molecule has 0 saturated heterocycles. The van der Waals surface area contributed by atoms with E-state index >= 15 is 0 Å². The van der Waals surface area contributed by atoms with Gasteiger partial charge in [0.2, 0.25) is 5.12 Å². The fraction of sp³-hybridized carbons (Fsp3) is 0. The average Bonchev–Trinajstić information content (AvgIpc) is 2.06. The summed E-state index contributed by atoms with van der Waals surface area (Å²) in [5, 5.41) is -0.265. The Labute approximate surface area is 85.0 Å². The lowest BCUT2D eigenvalue weighted by Crippen LogP contribution is -1.83. The van der Waals surface area contributed by atoms with E-state index in [0.29, 0.717) is 4.48 Å². The molecule has 1 nitrogen and oxygen atoms in total. The SMILES string of the molecule is O=C(S)C(Br)=Cc1ccccc1. The van der Waals surface area contributed by atoms with Crippen LogP contribution in [-0.2, 0) is 4.79 Å². The summed E-state index contributed by atoms with van der Waals surface area (Å²) >= 11 is 6.78. The Bertz CT molecular complexity index is 306. The van der Waals surface area contributed by atoms with Gasteiger partial charge >= 0.3 is 0 Å². The van der Waals surface area contributed by atoms with Crippen molar-refractivity contribution in [2.45, 2.75) is 0 Å². The highest BCUT2D eigenvalue weighted by molar-refractivity contribution is 9.12. The number of hydrogen-bond acceptors (Lipinski definition) is 1. The van der Waals surface area contributed by atoms with Crippen LogP contribution in [0.5, 0.6) is 0 Å². The highest BCUT2D eigenvalue weighted by Crippen LogP contribution is 2.14. The molecule has 0 N–H and O–H groups in total. The molecule has 0 aliphatic carbocycles. The Morgan fingerprint density at radius 1 is 1.33 bits per heavy atom. The fourth-order valence-corrected chi connectivity index (χ4v) is 1.09. The monoisotopic (exact) mass is 242 g/mol. The molecule has 0 aliphatic rings. The van der Waals surface area contributed by atoms with Crippen molar-refractivity contribution in [3.63, 3.8) is 0 Å². The molecular weight excluding hydrogens is 236 g/mol. The van der Waals surface area contributed by atoms with Crippen molar-refractivity contribution < 1.29 is 4.79 Å². The molecule has 0 unspecified atom stereocenters. The Hall–Kier alpha value is -0.540. The summed E-state index contributed by atoms with van der Waals surface area (Å²) in [6.07, 6.45) is 1.73. The van der Waals surface area contributed by atoms with E-state index in [0.717, 1.165) is 5.56 Å². The first-order chi connectivity index (χ1) is 5.70. The molecule has 1 rings (SSSR count). The first-order valence-corrected chi connectivity index (χ1v) is 4.59. The van der Waals surface area contributed by atoms with Crippen molar-refractivity contribution in [1.82, 2.24) is 0 Å². The van der Waals surface area contributed by atoms with E-state index in [1.165, 1.54) is 0 Å². The van der Waals surface area contributed by atoms with Gasteiger partial charge in [0.05, 0.1) is 4.48 Å². The van der Waals surface area contributed by atoms with Crippen LogP contribution in [0, 0.1) is 0 Å². The lowest BCUT2D eigenvalue weighted by molar-refractivity contribution is -0.107. The molecule has 1 aromatic carbocycles. The molecule has 0 aromatic heterocycles. The van der Waals surface area contributed by atoms with Crippen molar-refractivity contribution in [2.75, 3.05) is 0 Å². The second kappa shape index (κ2) is 4.48. The third-order valence-electron chi connectivity index (χ3n) is 1.30. The Morgan fingerprint density at radius 3 is 2.42 bits per heavy atom. The van der Waals surface area contributed by atoms with Gasteiger partial charge in [-0.05, 0) is 27.6 Å².